The van der Waals surface area contributed by atoms with Gasteiger partial charge in [-0.15, -0.1) is 0 Å². The van der Waals surface area contributed by atoms with E-state index in [-0.39, 0.29) is 45.4 Å². The standard InChI is InChI=1S/C30H35IN2O9/c1-3-4-5-27(36)33(15-18-6-7-23-24(11-18)41-17-40-23)22-13-20(30(38)32-8-9-34)14-25(28(22)37)42-29-21(31)10-19(16-35)12-26(29)39-2/h4-7,10-12,14,22,25,28,34-35,37H,3,8-9,13,15-17H2,1-2H3,(H,32,38). The van der Waals surface area contributed by atoms with Crippen molar-refractivity contribution in [3.63, 3.8) is 0 Å². The first kappa shape index (κ1) is 31.6. The molecule has 0 bridgehead atoms. The number of ether oxygens (including phenoxy) is 4. The maximum atomic E-state index is 13.6. The zero-order chi connectivity index (χ0) is 30.2. The van der Waals surface area contributed by atoms with Crippen LogP contribution in [0.3, 0.4) is 0 Å². The van der Waals surface area contributed by atoms with Crippen molar-refractivity contribution in [2.45, 2.75) is 51.2 Å². The molecule has 226 valence electrons. The summed E-state index contributed by atoms with van der Waals surface area (Å²) in [5.41, 5.74) is 1.67. The van der Waals surface area contributed by atoms with E-state index in [0.717, 1.165) is 5.56 Å². The number of fused-ring (bicyclic) bond motifs is 1. The van der Waals surface area contributed by atoms with Crippen LogP contribution in [0.2, 0.25) is 0 Å². The van der Waals surface area contributed by atoms with Gasteiger partial charge in [-0.25, -0.2) is 0 Å². The van der Waals surface area contributed by atoms with Gasteiger partial charge in [-0.05, 0) is 76.6 Å². The lowest BCUT2D eigenvalue weighted by Crippen LogP contribution is -2.54. The summed E-state index contributed by atoms with van der Waals surface area (Å²) < 4.78 is 23.3. The van der Waals surface area contributed by atoms with Gasteiger partial charge in [-0.1, -0.05) is 19.1 Å². The second-order valence-electron chi connectivity index (χ2n) is 9.75. The molecule has 0 saturated heterocycles. The number of rotatable bonds is 12. The van der Waals surface area contributed by atoms with Crippen LogP contribution in [0.5, 0.6) is 23.0 Å². The lowest BCUT2D eigenvalue weighted by atomic mass is 9.87. The van der Waals surface area contributed by atoms with Crippen molar-refractivity contribution in [3.05, 3.63) is 68.8 Å². The number of amides is 2. The van der Waals surface area contributed by atoms with Gasteiger partial charge in [-0.3, -0.25) is 9.59 Å². The third-order valence-electron chi connectivity index (χ3n) is 6.91. The molecule has 42 heavy (non-hydrogen) atoms. The minimum Gasteiger partial charge on any atom is -0.493 e. The molecule has 1 aliphatic carbocycles. The molecule has 0 radical (unpaired) electrons. The molecule has 2 aromatic rings. The molecule has 3 atom stereocenters. The SMILES string of the molecule is CCC=CC(=O)N(Cc1ccc2c(c1)OCO2)C1CC(C(=O)NCCO)=CC(Oc2c(I)cc(CO)cc2OC)C1O. The molecular weight excluding hydrogens is 659 g/mol. The predicted molar refractivity (Wildman–Crippen MR) is 161 cm³/mol. The summed E-state index contributed by atoms with van der Waals surface area (Å²) in [6.45, 7) is 1.75. The number of methoxy groups -OCH3 is 1. The van der Waals surface area contributed by atoms with Crippen molar-refractivity contribution in [2.24, 2.45) is 0 Å². The van der Waals surface area contributed by atoms with Crippen LogP contribution in [0.25, 0.3) is 0 Å². The molecule has 12 heteroatoms. The highest BCUT2D eigenvalue weighted by Gasteiger charge is 2.40. The summed E-state index contributed by atoms with van der Waals surface area (Å²) >= 11 is 2.05. The number of allylic oxidation sites excluding steroid dienone is 1. The predicted octanol–water partition coefficient (Wildman–Crippen LogP) is 2.43. The molecule has 1 heterocycles. The van der Waals surface area contributed by atoms with Gasteiger partial charge in [0.25, 0.3) is 0 Å². The van der Waals surface area contributed by atoms with Gasteiger partial charge in [0.1, 0.15) is 12.2 Å². The number of halogens is 1. The van der Waals surface area contributed by atoms with Crippen LogP contribution in [0.4, 0.5) is 0 Å². The number of carbonyl (C=O) groups is 2. The zero-order valence-corrected chi connectivity index (χ0v) is 25.6. The highest BCUT2D eigenvalue weighted by molar-refractivity contribution is 14.1. The van der Waals surface area contributed by atoms with Gasteiger partial charge < -0.3 is 44.5 Å². The zero-order valence-electron chi connectivity index (χ0n) is 23.4. The van der Waals surface area contributed by atoms with Crippen molar-refractivity contribution in [3.8, 4) is 23.0 Å². The van der Waals surface area contributed by atoms with Crippen LogP contribution < -0.4 is 24.3 Å². The van der Waals surface area contributed by atoms with E-state index >= 15 is 0 Å². The van der Waals surface area contributed by atoms with E-state index in [1.54, 1.807) is 30.3 Å². The molecule has 2 aliphatic rings. The number of aliphatic hydroxyl groups excluding tert-OH is 3. The first-order valence-electron chi connectivity index (χ1n) is 13.6. The quantitative estimate of drug-likeness (QED) is 0.194. The topological polar surface area (TPSA) is 147 Å². The van der Waals surface area contributed by atoms with Crippen molar-refractivity contribution < 1.29 is 43.9 Å². The molecule has 0 fully saturated rings. The number of carbonyl (C=O) groups excluding carboxylic acids is 2. The number of benzene rings is 2. The lowest BCUT2D eigenvalue weighted by Gasteiger charge is -2.40. The summed E-state index contributed by atoms with van der Waals surface area (Å²) in [5, 5.41) is 33.2. The molecule has 3 unspecified atom stereocenters. The first-order valence-corrected chi connectivity index (χ1v) is 14.6. The highest BCUT2D eigenvalue weighted by atomic mass is 127. The molecule has 2 aromatic carbocycles. The molecule has 4 rings (SSSR count). The summed E-state index contributed by atoms with van der Waals surface area (Å²) in [6, 6.07) is 7.89. The normalized spacial score (nSPS) is 19.4. The van der Waals surface area contributed by atoms with E-state index in [9.17, 15) is 24.9 Å². The average Bonchev–Trinajstić information content (AvgIpc) is 3.47. The second-order valence-corrected chi connectivity index (χ2v) is 10.9. The number of nitrogens with one attached hydrogen (secondary N) is 1. The van der Waals surface area contributed by atoms with E-state index in [1.165, 1.54) is 24.2 Å². The van der Waals surface area contributed by atoms with Crippen molar-refractivity contribution >= 4 is 34.4 Å². The Hall–Kier alpha value is -3.33. The third kappa shape index (κ3) is 7.35. The van der Waals surface area contributed by atoms with Crippen LogP contribution in [-0.4, -0.2) is 77.3 Å². The fraction of sp³-hybridized carbons (Fsp3) is 0.400. The first-order chi connectivity index (χ1) is 20.3. The summed E-state index contributed by atoms with van der Waals surface area (Å²) in [7, 11) is 1.47. The van der Waals surface area contributed by atoms with Crippen LogP contribution in [-0.2, 0) is 22.7 Å². The van der Waals surface area contributed by atoms with Crippen molar-refractivity contribution in [1.29, 1.82) is 0 Å². The molecule has 11 nitrogen and oxygen atoms in total. The molecule has 0 spiro atoms. The highest BCUT2D eigenvalue weighted by Crippen LogP contribution is 2.38. The lowest BCUT2D eigenvalue weighted by molar-refractivity contribution is -0.134. The number of hydrogen-bond acceptors (Lipinski definition) is 9. The molecule has 4 N–H and O–H groups in total. The fourth-order valence-electron chi connectivity index (χ4n) is 4.80. The van der Waals surface area contributed by atoms with E-state index in [0.29, 0.717) is 44.1 Å². The minimum atomic E-state index is -1.23. The largest absolute Gasteiger partial charge is 0.493 e. The van der Waals surface area contributed by atoms with Crippen molar-refractivity contribution in [1.82, 2.24) is 10.2 Å². The Morgan fingerprint density at radius 1 is 1.17 bits per heavy atom. The van der Waals surface area contributed by atoms with Gasteiger partial charge in [0.05, 0.1) is 29.9 Å². The number of hydrogen-bond donors (Lipinski definition) is 4. The Morgan fingerprint density at radius 2 is 1.95 bits per heavy atom. The van der Waals surface area contributed by atoms with Crippen molar-refractivity contribution in [2.75, 3.05) is 27.1 Å². The Bertz CT molecular complexity index is 1350. The summed E-state index contributed by atoms with van der Waals surface area (Å²) in [4.78, 5) is 28.2. The van der Waals surface area contributed by atoms with Crippen LogP contribution in [0, 0.1) is 3.57 Å². The smallest absolute Gasteiger partial charge is 0.247 e. The Balaban J connectivity index is 1.72. The van der Waals surface area contributed by atoms with Gasteiger partial charge in [0.15, 0.2) is 23.0 Å². The molecule has 0 aromatic heterocycles. The summed E-state index contributed by atoms with van der Waals surface area (Å²) in [6.07, 6.45) is 3.14. The monoisotopic (exact) mass is 694 g/mol. The van der Waals surface area contributed by atoms with Gasteiger partial charge in [0.2, 0.25) is 18.6 Å². The molecule has 2 amide bonds. The van der Waals surface area contributed by atoms with E-state index in [4.69, 9.17) is 18.9 Å². The second kappa shape index (κ2) is 14.7. The maximum absolute atomic E-state index is 13.6. The van der Waals surface area contributed by atoms with Gasteiger partial charge >= 0.3 is 0 Å². The Kier molecular flexibility index (Phi) is 11.1. The van der Waals surface area contributed by atoms with Gasteiger partial charge in [0, 0.05) is 25.1 Å². The Morgan fingerprint density at radius 3 is 2.67 bits per heavy atom. The fourth-order valence-corrected chi connectivity index (χ4v) is 5.60. The van der Waals surface area contributed by atoms with E-state index in [1.807, 2.05) is 13.0 Å². The van der Waals surface area contributed by atoms with Crippen LogP contribution in [0.1, 0.15) is 30.9 Å². The van der Waals surface area contributed by atoms with Crippen LogP contribution in [0.15, 0.2) is 54.1 Å². The van der Waals surface area contributed by atoms with Crippen LogP contribution >= 0.6 is 22.6 Å². The van der Waals surface area contributed by atoms with E-state index in [2.05, 4.69) is 27.9 Å². The number of aliphatic hydroxyl groups is 3. The average molecular weight is 695 g/mol. The Labute approximate surface area is 257 Å². The maximum Gasteiger partial charge on any atom is 0.247 e. The summed E-state index contributed by atoms with van der Waals surface area (Å²) in [5.74, 6) is 1.06. The van der Waals surface area contributed by atoms with Gasteiger partial charge in [-0.2, -0.15) is 0 Å². The third-order valence-corrected chi connectivity index (χ3v) is 7.71. The molecule has 1 aliphatic heterocycles. The van der Waals surface area contributed by atoms with E-state index < -0.39 is 24.2 Å². The number of nitrogens with zero attached hydrogens (tertiary/aromatic N) is 1. The molecular formula is C30H35IN2O9. The molecule has 0 saturated carbocycles. The minimum absolute atomic E-state index is 0.0440.